The molecule has 0 atom stereocenters. The molecular weight excluding hydrogens is 274 g/mol. The van der Waals surface area contributed by atoms with Gasteiger partial charge in [-0.3, -0.25) is 9.69 Å². The maximum absolute atomic E-state index is 12.2. The molecule has 1 N–H and O–H groups in total. The summed E-state index contributed by atoms with van der Waals surface area (Å²) >= 11 is 5.91. The van der Waals surface area contributed by atoms with Crippen LogP contribution in [0.1, 0.15) is 42.5 Å². The zero-order valence-electron chi connectivity index (χ0n) is 11.7. The molecule has 0 saturated heterocycles. The van der Waals surface area contributed by atoms with Crippen molar-refractivity contribution < 1.29 is 9.90 Å². The van der Waals surface area contributed by atoms with Crippen LogP contribution in [-0.2, 0) is 0 Å². The number of benzene rings is 1. The van der Waals surface area contributed by atoms with Gasteiger partial charge in [0.05, 0.1) is 0 Å². The summed E-state index contributed by atoms with van der Waals surface area (Å²) in [6.45, 7) is 1.87. The molecule has 0 radical (unpaired) electrons. The van der Waals surface area contributed by atoms with Gasteiger partial charge in [0.25, 0.3) is 0 Å². The lowest BCUT2D eigenvalue weighted by atomic mass is 9.91. The van der Waals surface area contributed by atoms with Crippen molar-refractivity contribution in [3.63, 3.8) is 0 Å². The highest BCUT2D eigenvalue weighted by atomic mass is 35.5. The number of hydrogen-bond donors (Lipinski definition) is 1. The maximum Gasteiger partial charge on any atom is 0.164 e. The van der Waals surface area contributed by atoms with Crippen LogP contribution in [-0.4, -0.2) is 41.5 Å². The molecule has 1 saturated carbocycles. The van der Waals surface area contributed by atoms with Crippen LogP contribution < -0.4 is 0 Å². The number of carbonyl (C=O) groups excluding carboxylic acids is 1. The smallest absolute Gasteiger partial charge is 0.164 e. The molecule has 20 heavy (non-hydrogen) atoms. The van der Waals surface area contributed by atoms with Gasteiger partial charge in [-0.15, -0.1) is 0 Å². The Morgan fingerprint density at radius 2 is 2.15 bits per heavy atom. The summed E-state index contributed by atoms with van der Waals surface area (Å²) in [6, 6.07) is 7.74. The number of aliphatic hydroxyl groups is 1. The second-order valence-electron chi connectivity index (χ2n) is 5.38. The Labute approximate surface area is 125 Å². The lowest BCUT2D eigenvalue weighted by Gasteiger charge is -2.37. The van der Waals surface area contributed by atoms with Crippen molar-refractivity contribution in [1.29, 1.82) is 0 Å². The van der Waals surface area contributed by atoms with Crippen molar-refractivity contribution >= 4 is 17.4 Å². The molecule has 0 heterocycles. The van der Waals surface area contributed by atoms with Gasteiger partial charge in [-0.25, -0.2) is 0 Å². The number of aliphatic hydroxyl groups excluding tert-OH is 1. The summed E-state index contributed by atoms with van der Waals surface area (Å²) in [6.07, 6.45) is 5.01. The van der Waals surface area contributed by atoms with E-state index < -0.39 is 0 Å². The zero-order chi connectivity index (χ0) is 14.4. The van der Waals surface area contributed by atoms with Gasteiger partial charge in [0.2, 0.25) is 0 Å². The average molecular weight is 296 g/mol. The van der Waals surface area contributed by atoms with Gasteiger partial charge in [-0.1, -0.05) is 30.2 Å². The van der Waals surface area contributed by atoms with Crippen LogP contribution in [0.4, 0.5) is 0 Å². The largest absolute Gasteiger partial charge is 0.396 e. The number of Topliss-reactive ketones (excluding diaryl/α,β-unsaturated/α-hetero) is 1. The second-order valence-corrected chi connectivity index (χ2v) is 5.82. The average Bonchev–Trinajstić information content (AvgIpc) is 2.39. The fourth-order valence-corrected chi connectivity index (χ4v) is 2.74. The first-order valence-corrected chi connectivity index (χ1v) is 7.72. The third kappa shape index (κ3) is 4.30. The van der Waals surface area contributed by atoms with Crippen LogP contribution in [0.25, 0.3) is 0 Å². The van der Waals surface area contributed by atoms with Crippen molar-refractivity contribution in [2.24, 2.45) is 0 Å². The fraction of sp³-hybridized carbons (Fsp3) is 0.562. The van der Waals surface area contributed by atoms with E-state index in [-0.39, 0.29) is 12.4 Å². The monoisotopic (exact) mass is 295 g/mol. The molecule has 0 aliphatic heterocycles. The van der Waals surface area contributed by atoms with Gasteiger partial charge in [0, 0.05) is 42.7 Å². The van der Waals surface area contributed by atoms with Crippen LogP contribution in [0.2, 0.25) is 5.02 Å². The van der Waals surface area contributed by atoms with Crippen molar-refractivity contribution in [3.8, 4) is 0 Å². The Bertz CT molecular complexity index is 446. The highest BCUT2D eigenvalue weighted by Gasteiger charge is 2.24. The number of rotatable bonds is 8. The van der Waals surface area contributed by atoms with Crippen LogP contribution >= 0.6 is 11.6 Å². The topological polar surface area (TPSA) is 40.5 Å². The van der Waals surface area contributed by atoms with Crippen LogP contribution in [0.5, 0.6) is 0 Å². The summed E-state index contributed by atoms with van der Waals surface area (Å²) in [5.74, 6) is 0.140. The highest BCUT2D eigenvalue weighted by molar-refractivity contribution is 6.31. The summed E-state index contributed by atoms with van der Waals surface area (Å²) in [5, 5.41) is 9.57. The number of halogens is 1. The Hall–Kier alpha value is -0.900. The Morgan fingerprint density at radius 3 is 2.75 bits per heavy atom. The standard InChI is InChI=1S/C16H22ClNO2/c17-14-5-1-4-13(12-14)16(20)8-10-18(9-3-11-19)15-6-2-7-15/h1,4-5,12,15,19H,2-3,6-11H2. The van der Waals surface area contributed by atoms with E-state index >= 15 is 0 Å². The summed E-state index contributed by atoms with van der Waals surface area (Å²) in [7, 11) is 0. The highest BCUT2D eigenvalue weighted by Crippen LogP contribution is 2.25. The number of ketones is 1. The minimum Gasteiger partial charge on any atom is -0.396 e. The normalized spacial score (nSPS) is 15.3. The molecule has 4 heteroatoms. The van der Waals surface area contributed by atoms with Gasteiger partial charge >= 0.3 is 0 Å². The maximum atomic E-state index is 12.2. The fourth-order valence-electron chi connectivity index (χ4n) is 2.55. The van der Waals surface area contributed by atoms with E-state index in [0.717, 1.165) is 19.5 Å². The van der Waals surface area contributed by atoms with Crippen molar-refractivity contribution in [2.75, 3.05) is 19.7 Å². The molecule has 1 aromatic rings. The van der Waals surface area contributed by atoms with Gasteiger partial charge in [0.15, 0.2) is 5.78 Å². The van der Waals surface area contributed by atoms with E-state index in [0.29, 0.717) is 23.0 Å². The molecule has 0 amide bonds. The van der Waals surface area contributed by atoms with Gasteiger partial charge < -0.3 is 5.11 Å². The number of carbonyl (C=O) groups is 1. The lowest BCUT2D eigenvalue weighted by molar-refractivity contribution is 0.0887. The third-order valence-corrected chi connectivity index (χ3v) is 4.20. The van der Waals surface area contributed by atoms with Crippen LogP contribution in [0, 0.1) is 0 Å². The van der Waals surface area contributed by atoms with Gasteiger partial charge in [-0.05, 0) is 31.4 Å². The first-order chi connectivity index (χ1) is 9.70. The molecule has 1 aliphatic rings. The van der Waals surface area contributed by atoms with Crippen LogP contribution in [0.3, 0.4) is 0 Å². The number of nitrogens with zero attached hydrogens (tertiary/aromatic N) is 1. The molecular formula is C16H22ClNO2. The summed E-state index contributed by atoms with van der Waals surface area (Å²) in [5.41, 5.74) is 0.688. The third-order valence-electron chi connectivity index (χ3n) is 3.97. The molecule has 1 aliphatic carbocycles. The summed E-state index contributed by atoms with van der Waals surface area (Å²) < 4.78 is 0. The first kappa shape index (κ1) is 15.5. The predicted octanol–water partition coefficient (Wildman–Crippen LogP) is 3.15. The summed E-state index contributed by atoms with van der Waals surface area (Å²) in [4.78, 5) is 14.5. The molecule has 1 aromatic carbocycles. The molecule has 110 valence electrons. The Morgan fingerprint density at radius 1 is 1.35 bits per heavy atom. The van der Waals surface area contributed by atoms with Crippen molar-refractivity contribution in [2.45, 2.75) is 38.1 Å². The predicted molar refractivity (Wildman–Crippen MR) is 81.3 cm³/mol. The minimum atomic E-state index is 0.140. The van der Waals surface area contributed by atoms with Gasteiger partial charge in [-0.2, -0.15) is 0 Å². The van der Waals surface area contributed by atoms with E-state index in [9.17, 15) is 4.79 Å². The first-order valence-electron chi connectivity index (χ1n) is 7.34. The van der Waals surface area contributed by atoms with Gasteiger partial charge in [0.1, 0.15) is 0 Å². The zero-order valence-corrected chi connectivity index (χ0v) is 12.5. The Balaban J connectivity index is 1.86. The van der Waals surface area contributed by atoms with Crippen LogP contribution in [0.15, 0.2) is 24.3 Å². The van der Waals surface area contributed by atoms with Crippen molar-refractivity contribution in [3.05, 3.63) is 34.9 Å². The molecule has 0 aromatic heterocycles. The number of hydrogen-bond acceptors (Lipinski definition) is 3. The molecule has 0 spiro atoms. The quantitative estimate of drug-likeness (QED) is 0.749. The second kappa shape index (κ2) is 7.77. The molecule has 1 fully saturated rings. The molecule has 3 nitrogen and oxygen atoms in total. The Kier molecular flexibility index (Phi) is 6.02. The molecule has 0 unspecified atom stereocenters. The SMILES string of the molecule is O=C(CCN(CCCO)C1CCC1)c1cccc(Cl)c1. The van der Waals surface area contributed by atoms with E-state index in [1.165, 1.54) is 19.3 Å². The van der Waals surface area contributed by atoms with Crippen molar-refractivity contribution in [1.82, 2.24) is 4.90 Å². The molecule has 2 rings (SSSR count). The molecule has 0 bridgehead atoms. The van der Waals surface area contributed by atoms with E-state index in [2.05, 4.69) is 4.90 Å². The van der Waals surface area contributed by atoms with E-state index in [4.69, 9.17) is 16.7 Å². The van der Waals surface area contributed by atoms with E-state index in [1.807, 2.05) is 12.1 Å². The minimum absolute atomic E-state index is 0.140. The van der Waals surface area contributed by atoms with E-state index in [1.54, 1.807) is 12.1 Å². The lowest BCUT2D eigenvalue weighted by Crippen LogP contribution is -2.42.